The number of rotatable bonds is 2. The molecule has 0 spiro atoms. The fraction of sp³-hybridized carbons (Fsp3) is 0.231. The first kappa shape index (κ1) is 13.9. The lowest BCUT2D eigenvalue weighted by Gasteiger charge is -2.13. The maximum absolute atomic E-state index is 9.76. The Morgan fingerprint density at radius 3 is 2.28 bits per heavy atom. The van der Waals surface area contributed by atoms with Gasteiger partial charge in [0.2, 0.25) is 0 Å². The number of hydrogen-bond acceptors (Lipinski definition) is 5. The average Bonchev–Trinajstić information content (AvgIpc) is 2.84. The van der Waals surface area contributed by atoms with Gasteiger partial charge in [-0.25, -0.2) is 0 Å². The van der Waals surface area contributed by atoms with E-state index in [4.69, 9.17) is 0 Å². The van der Waals surface area contributed by atoms with E-state index in [1.54, 1.807) is 12.3 Å². The SMILES string of the molecule is C=C.CC(C)c1cc(C2=CNNN2)c(O)cc1O. The predicted molar refractivity (Wildman–Crippen MR) is 72.5 cm³/mol. The minimum atomic E-state index is 0.0474. The number of nitrogens with one attached hydrogen (secondary N) is 3. The molecule has 0 atom stereocenters. The van der Waals surface area contributed by atoms with E-state index in [0.29, 0.717) is 5.56 Å². The smallest absolute Gasteiger partial charge is 0.128 e. The van der Waals surface area contributed by atoms with Crippen LogP contribution in [-0.2, 0) is 0 Å². The quantitative estimate of drug-likeness (QED) is 0.518. The van der Waals surface area contributed by atoms with Crippen molar-refractivity contribution in [1.29, 1.82) is 0 Å². The van der Waals surface area contributed by atoms with E-state index >= 15 is 0 Å². The maximum Gasteiger partial charge on any atom is 0.128 e. The average molecular weight is 249 g/mol. The third kappa shape index (κ3) is 2.75. The molecule has 5 N–H and O–H groups in total. The standard InChI is InChI=1S/C11H15N3O2.C2H4/c1-6(2)7-3-8(9-5-12-14-13-9)11(16)4-10(7)15;1-2/h3-6,12-16H,1-2H3;1-2H2. The van der Waals surface area contributed by atoms with Gasteiger partial charge in [-0.15, -0.1) is 13.2 Å². The Kier molecular flexibility index (Phi) is 4.62. The molecule has 1 aliphatic rings. The summed E-state index contributed by atoms with van der Waals surface area (Å²) < 4.78 is 0. The predicted octanol–water partition coefficient (Wildman–Crippen LogP) is 1.93. The molecule has 5 heteroatoms. The van der Waals surface area contributed by atoms with E-state index in [0.717, 1.165) is 11.3 Å². The zero-order valence-electron chi connectivity index (χ0n) is 10.6. The molecule has 2 rings (SSSR count). The second-order valence-corrected chi connectivity index (χ2v) is 4.04. The Bertz CT molecular complexity index is 456. The summed E-state index contributed by atoms with van der Waals surface area (Å²) in [5, 5.41) is 19.5. The van der Waals surface area contributed by atoms with Gasteiger partial charge < -0.3 is 21.1 Å². The highest BCUT2D eigenvalue weighted by molar-refractivity contribution is 5.71. The molecule has 0 bridgehead atoms. The van der Waals surface area contributed by atoms with Gasteiger partial charge in [0.15, 0.2) is 0 Å². The summed E-state index contributed by atoms with van der Waals surface area (Å²) >= 11 is 0. The molecule has 0 aromatic heterocycles. The van der Waals surface area contributed by atoms with Crippen LogP contribution in [-0.4, -0.2) is 10.2 Å². The van der Waals surface area contributed by atoms with Crippen molar-refractivity contribution in [3.63, 3.8) is 0 Å². The molecule has 0 fully saturated rings. The third-order valence-electron chi connectivity index (χ3n) is 2.54. The van der Waals surface area contributed by atoms with E-state index < -0.39 is 0 Å². The number of phenols is 2. The lowest BCUT2D eigenvalue weighted by molar-refractivity contribution is 0.442. The van der Waals surface area contributed by atoms with Crippen molar-refractivity contribution in [3.05, 3.63) is 42.6 Å². The van der Waals surface area contributed by atoms with E-state index in [-0.39, 0.29) is 17.4 Å². The summed E-state index contributed by atoms with van der Waals surface area (Å²) in [7, 11) is 0. The molecule has 1 aromatic rings. The Labute approximate surface area is 107 Å². The van der Waals surface area contributed by atoms with Crippen LogP contribution in [0.15, 0.2) is 31.5 Å². The number of hydrazine groups is 2. The molecular formula is C13H19N3O2. The molecule has 0 saturated heterocycles. The summed E-state index contributed by atoms with van der Waals surface area (Å²) in [5.74, 6) is 0.365. The molecule has 1 heterocycles. The van der Waals surface area contributed by atoms with Crippen LogP contribution in [0.2, 0.25) is 0 Å². The molecule has 0 unspecified atom stereocenters. The minimum absolute atomic E-state index is 0.0474. The van der Waals surface area contributed by atoms with E-state index in [1.807, 2.05) is 13.8 Å². The van der Waals surface area contributed by atoms with Gasteiger partial charge in [0, 0.05) is 17.8 Å². The number of hydrogen-bond donors (Lipinski definition) is 5. The molecule has 98 valence electrons. The Morgan fingerprint density at radius 2 is 1.78 bits per heavy atom. The van der Waals surface area contributed by atoms with Crippen LogP contribution < -0.4 is 16.4 Å². The maximum atomic E-state index is 9.76. The van der Waals surface area contributed by atoms with Gasteiger partial charge in [-0.3, -0.25) is 0 Å². The van der Waals surface area contributed by atoms with Crippen LogP contribution in [0.1, 0.15) is 30.9 Å². The van der Waals surface area contributed by atoms with E-state index in [2.05, 4.69) is 29.5 Å². The fourth-order valence-corrected chi connectivity index (χ4v) is 1.66. The molecule has 0 amide bonds. The van der Waals surface area contributed by atoms with Gasteiger partial charge in [-0.2, -0.15) is 5.53 Å². The summed E-state index contributed by atoms with van der Waals surface area (Å²) in [6, 6.07) is 3.15. The second kappa shape index (κ2) is 5.97. The molecule has 1 aliphatic heterocycles. The molecular weight excluding hydrogens is 230 g/mol. The van der Waals surface area contributed by atoms with Crippen LogP contribution in [0.3, 0.4) is 0 Å². The van der Waals surface area contributed by atoms with Gasteiger partial charge in [-0.1, -0.05) is 13.8 Å². The van der Waals surface area contributed by atoms with Crippen LogP contribution in [0.5, 0.6) is 11.5 Å². The molecule has 0 radical (unpaired) electrons. The Balaban J connectivity index is 0.000000771. The molecule has 0 aliphatic carbocycles. The minimum Gasteiger partial charge on any atom is -0.508 e. The van der Waals surface area contributed by atoms with Gasteiger partial charge >= 0.3 is 0 Å². The van der Waals surface area contributed by atoms with Crippen molar-refractivity contribution in [2.45, 2.75) is 19.8 Å². The van der Waals surface area contributed by atoms with E-state index in [9.17, 15) is 10.2 Å². The summed E-state index contributed by atoms with van der Waals surface area (Å²) in [6.07, 6.45) is 1.70. The molecule has 1 aromatic carbocycles. The number of aromatic hydroxyl groups is 2. The van der Waals surface area contributed by atoms with Crippen molar-refractivity contribution in [2.24, 2.45) is 0 Å². The van der Waals surface area contributed by atoms with Gasteiger partial charge in [-0.05, 0) is 17.5 Å². The first-order valence-electron chi connectivity index (χ1n) is 5.62. The second-order valence-electron chi connectivity index (χ2n) is 4.04. The van der Waals surface area contributed by atoms with Crippen molar-refractivity contribution >= 4 is 5.70 Å². The zero-order valence-corrected chi connectivity index (χ0v) is 10.6. The Hall–Kier alpha value is -2.14. The highest BCUT2D eigenvalue weighted by Crippen LogP contribution is 2.34. The largest absolute Gasteiger partial charge is 0.508 e. The molecule has 5 nitrogen and oxygen atoms in total. The topological polar surface area (TPSA) is 76.5 Å². The monoisotopic (exact) mass is 249 g/mol. The normalized spacial score (nSPS) is 13.2. The van der Waals surface area contributed by atoms with Crippen LogP contribution in [0.4, 0.5) is 0 Å². The molecule has 18 heavy (non-hydrogen) atoms. The highest BCUT2D eigenvalue weighted by Gasteiger charge is 2.15. The summed E-state index contributed by atoms with van der Waals surface area (Å²) in [5.41, 5.74) is 10.5. The Morgan fingerprint density at radius 1 is 1.11 bits per heavy atom. The van der Waals surface area contributed by atoms with E-state index in [1.165, 1.54) is 6.07 Å². The van der Waals surface area contributed by atoms with Gasteiger partial charge in [0.05, 0.1) is 5.70 Å². The number of phenolic OH excluding ortho intramolecular Hbond substituents is 2. The van der Waals surface area contributed by atoms with Crippen LogP contribution in [0.25, 0.3) is 5.70 Å². The van der Waals surface area contributed by atoms with Crippen molar-refractivity contribution in [3.8, 4) is 11.5 Å². The van der Waals surface area contributed by atoms with Gasteiger partial charge in [0.25, 0.3) is 0 Å². The van der Waals surface area contributed by atoms with Crippen molar-refractivity contribution < 1.29 is 10.2 Å². The summed E-state index contributed by atoms with van der Waals surface area (Å²) in [6.45, 7) is 9.98. The number of benzene rings is 1. The van der Waals surface area contributed by atoms with Crippen molar-refractivity contribution in [2.75, 3.05) is 0 Å². The van der Waals surface area contributed by atoms with Crippen LogP contribution >= 0.6 is 0 Å². The lowest BCUT2D eigenvalue weighted by Crippen LogP contribution is -2.31. The third-order valence-corrected chi connectivity index (χ3v) is 2.54. The summed E-state index contributed by atoms with van der Waals surface area (Å²) in [4.78, 5) is 0. The van der Waals surface area contributed by atoms with Crippen LogP contribution in [0, 0.1) is 0 Å². The van der Waals surface area contributed by atoms with Gasteiger partial charge in [0.1, 0.15) is 11.5 Å². The fourth-order valence-electron chi connectivity index (χ4n) is 1.66. The first-order valence-corrected chi connectivity index (χ1v) is 5.62. The lowest BCUT2D eigenvalue weighted by atomic mass is 9.98. The highest BCUT2D eigenvalue weighted by atomic mass is 16.3. The van der Waals surface area contributed by atoms with Crippen molar-refractivity contribution in [1.82, 2.24) is 16.4 Å². The first-order chi connectivity index (χ1) is 8.59. The molecule has 0 saturated carbocycles. The zero-order chi connectivity index (χ0) is 13.7.